The molecule has 3 N–H and O–H groups in total. The number of fused-ring (bicyclic) bond motifs is 1. The number of amides is 2. The largest absolute Gasteiger partial charge is 0.338 e. The van der Waals surface area contributed by atoms with E-state index in [4.69, 9.17) is 0 Å². The Hall–Kier alpha value is -2.65. The molecule has 3 rings (SSSR count). The number of nitrogens with one attached hydrogen (secondary N) is 3. The molecule has 28 heavy (non-hydrogen) atoms. The highest BCUT2D eigenvalue weighted by Crippen LogP contribution is 2.30. The van der Waals surface area contributed by atoms with Gasteiger partial charge in [0.2, 0.25) is 0 Å². The lowest BCUT2D eigenvalue weighted by molar-refractivity contribution is 0.251. The van der Waals surface area contributed by atoms with E-state index in [1.54, 1.807) is 42.5 Å². The number of hydrogen-bond donors (Lipinski definition) is 3. The van der Waals surface area contributed by atoms with Crippen molar-refractivity contribution in [3.63, 3.8) is 0 Å². The first-order chi connectivity index (χ1) is 13.2. The van der Waals surface area contributed by atoms with Gasteiger partial charge >= 0.3 is 6.03 Å². The van der Waals surface area contributed by atoms with Crippen LogP contribution >= 0.6 is 11.3 Å². The van der Waals surface area contributed by atoms with Crippen molar-refractivity contribution in [3.8, 4) is 0 Å². The van der Waals surface area contributed by atoms with E-state index in [1.165, 1.54) is 11.3 Å². The molecule has 2 aromatic carbocycles. The monoisotopic (exact) mass is 418 g/mol. The molecule has 7 nitrogen and oxygen atoms in total. The number of anilines is 2. The third kappa shape index (κ3) is 4.99. The Morgan fingerprint density at radius 3 is 2.54 bits per heavy atom. The fourth-order valence-corrected chi connectivity index (χ4v) is 4.55. The van der Waals surface area contributed by atoms with E-state index in [0.717, 1.165) is 10.3 Å². The van der Waals surface area contributed by atoms with Crippen LogP contribution in [0.1, 0.15) is 19.4 Å². The summed E-state index contributed by atoms with van der Waals surface area (Å²) in [6.45, 7) is 6.51. The predicted octanol–water partition coefficient (Wildman–Crippen LogP) is 4.18. The minimum Gasteiger partial charge on any atom is -0.338 e. The SMILES string of the molecule is Cc1ccc(S(=O)(=O)Nc2nc3ccc(NC(=O)NCC(C)C)cc3s2)cc1. The predicted molar refractivity (Wildman–Crippen MR) is 113 cm³/mol. The van der Waals surface area contributed by atoms with Gasteiger partial charge in [-0.15, -0.1) is 0 Å². The summed E-state index contributed by atoms with van der Waals surface area (Å²) in [5.74, 6) is 0.360. The van der Waals surface area contributed by atoms with Gasteiger partial charge in [0.1, 0.15) is 0 Å². The molecule has 1 aromatic heterocycles. The summed E-state index contributed by atoms with van der Waals surface area (Å²) in [6.07, 6.45) is 0. The van der Waals surface area contributed by atoms with Crippen molar-refractivity contribution >= 4 is 48.4 Å². The minimum absolute atomic E-state index is 0.182. The van der Waals surface area contributed by atoms with E-state index in [9.17, 15) is 13.2 Å². The van der Waals surface area contributed by atoms with Crippen LogP contribution in [0.25, 0.3) is 10.2 Å². The Bertz CT molecular complexity index is 1090. The summed E-state index contributed by atoms with van der Waals surface area (Å²) in [4.78, 5) is 16.4. The number of carbonyl (C=O) groups excluding carboxylic acids is 1. The molecule has 0 spiro atoms. The fourth-order valence-electron chi connectivity index (χ4n) is 2.41. The lowest BCUT2D eigenvalue weighted by atomic mass is 10.2. The van der Waals surface area contributed by atoms with Gasteiger partial charge in [-0.3, -0.25) is 4.72 Å². The van der Waals surface area contributed by atoms with Gasteiger partial charge in [-0.1, -0.05) is 42.9 Å². The number of hydrogen-bond acceptors (Lipinski definition) is 5. The Kier molecular flexibility index (Phi) is 5.85. The Balaban J connectivity index is 1.75. The van der Waals surface area contributed by atoms with Crippen LogP contribution in [0.3, 0.4) is 0 Å². The van der Waals surface area contributed by atoms with Crippen LogP contribution < -0.4 is 15.4 Å². The molecule has 148 valence electrons. The van der Waals surface area contributed by atoms with Crippen molar-refractivity contribution in [3.05, 3.63) is 48.0 Å². The Morgan fingerprint density at radius 1 is 1.14 bits per heavy atom. The molecule has 0 atom stereocenters. The van der Waals surface area contributed by atoms with E-state index >= 15 is 0 Å². The maximum absolute atomic E-state index is 12.5. The molecule has 3 aromatic rings. The van der Waals surface area contributed by atoms with Crippen molar-refractivity contribution in [2.24, 2.45) is 5.92 Å². The molecule has 0 bridgehead atoms. The van der Waals surface area contributed by atoms with E-state index in [-0.39, 0.29) is 16.1 Å². The second-order valence-corrected chi connectivity index (χ2v) is 9.56. The summed E-state index contributed by atoms with van der Waals surface area (Å²) < 4.78 is 28.3. The quantitative estimate of drug-likeness (QED) is 0.559. The fraction of sp³-hybridized carbons (Fsp3) is 0.263. The normalized spacial score (nSPS) is 11.6. The van der Waals surface area contributed by atoms with Crippen LogP contribution in [0.2, 0.25) is 0 Å². The number of aryl methyl sites for hydroxylation is 1. The van der Waals surface area contributed by atoms with E-state index in [1.807, 2.05) is 20.8 Å². The highest BCUT2D eigenvalue weighted by Gasteiger charge is 2.16. The number of benzene rings is 2. The number of aromatic nitrogens is 1. The van der Waals surface area contributed by atoms with Crippen molar-refractivity contribution in [2.75, 3.05) is 16.6 Å². The lowest BCUT2D eigenvalue weighted by Crippen LogP contribution is -2.31. The first-order valence-corrected chi connectivity index (χ1v) is 11.1. The van der Waals surface area contributed by atoms with Crippen LogP contribution in [0, 0.1) is 12.8 Å². The van der Waals surface area contributed by atoms with Gasteiger partial charge in [0.05, 0.1) is 15.1 Å². The average molecular weight is 419 g/mol. The summed E-state index contributed by atoms with van der Waals surface area (Å²) in [5, 5.41) is 5.83. The third-order valence-corrected chi connectivity index (χ3v) is 6.29. The second kappa shape index (κ2) is 8.15. The number of sulfonamides is 1. The zero-order valence-corrected chi connectivity index (χ0v) is 17.4. The highest BCUT2D eigenvalue weighted by atomic mass is 32.2. The molecule has 0 radical (unpaired) electrons. The molecule has 0 aliphatic heterocycles. The van der Waals surface area contributed by atoms with Gasteiger partial charge in [-0.25, -0.2) is 18.2 Å². The molecule has 0 aliphatic carbocycles. The third-order valence-electron chi connectivity index (χ3n) is 3.87. The van der Waals surface area contributed by atoms with Gasteiger partial charge in [-0.05, 0) is 43.2 Å². The smallest absolute Gasteiger partial charge is 0.319 e. The number of thiazole rings is 1. The zero-order valence-electron chi connectivity index (χ0n) is 15.8. The molecule has 0 fully saturated rings. The van der Waals surface area contributed by atoms with Crippen LogP contribution in [-0.4, -0.2) is 26.0 Å². The zero-order chi connectivity index (χ0) is 20.3. The molecule has 0 unspecified atom stereocenters. The molecule has 1 heterocycles. The van der Waals surface area contributed by atoms with Crippen molar-refractivity contribution in [2.45, 2.75) is 25.7 Å². The van der Waals surface area contributed by atoms with Gasteiger partial charge in [0.15, 0.2) is 5.13 Å². The maximum Gasteiger partial charge on any atom is 0.319 e. The molecular weight excluding hydrogens is 396 g/mol. The van der Waals surface area contributed by atoms with Gasteiger partial charge in [0, 0.05) is 12.2 Å². The molecule has 0 saturated carbocycles. The van der Waals surface area contributed by atoms with Crippen molar-refractivity contribution < 1.29 is 13.2 Å². The topological polar surface area (TPSA) is 100 Å². The van der Waals surface area contributed by atoms with Crippen LogP contribution in [0.4, 0.5) is 15.6 Å². The molecular formula is C19H22N4O3S2. The van der Waals surface area contributed by atoms with Gasteiger partial charge in [0.25, 0.3) is 10.0 Å². The minimum atomic E-state index is -3.70. The summed E-state index contributed by atoms with van der Waals surface area (Å²) in [5.41, 5.74) is 2.25. The first-order valence-electron chi connectivity index (χ1n) is 8.78. The van der Waals surface area contributed by atoms with Crippen molar-refractivity contribution in [1.29, 1.82) is 0 Å². The van der Waals surface area contributed by atoms with E-state index in [0.29, 0.717) is 23.7 Å². The summed E-state index contributed by atoms with van der Waals surface area (Å²) >= 11 is 1.21. The molecule has 0 aliphatic rings. The Morgan fingerprint density at radius 2 is 1.86 bits per heavy atom. The maximum atomic E-state index is 12.5. The van der Waals surface area contributed by atoms with E-state index < -0.39 is 10.0 Å². The lowest BCUT2D eigenvalue weighted by Gasteiger charge is -2.09. The number of nitrogens with zero attached hydrogens (tertiary/aromatic N) is 1. The highest BCUT2D eigenvalue weighted by molar-refractivity contribution is 7.93. The van der Waals surface area contributed by atoms with Crippen LogP contribution in [0.15, 0.2) is 47.4 Å². The summed E-state index contributed by atoms with van der Waals surface area (Å²) in [6, 6.07) is 11.6. The second-order valence-electron chi connectivity index (χ2n) is 6.85. The number of urea groups is 1. The number of rotatable bonds is 6. The Labute approximate surface area is 168 Å². The first kappa shape index (κ1) is 20.1. The van der Waals surface area contributed by atoms with Gasteiger partial charge < -0.3 is 10.6 Å². The van der Waals surface area contributed by atoms with Gasteiger partial charge in [-0.2, -0.15) is 0 Å². The van der Waals surface area contributed by atoms with Crippen LogP contribution in [-0.2, 0) is 10.0 Å². The standard InChI is InChI=1S/C19H22N4O3S2/c1-12(2)11-20-18(24)21-14-6-9-16-17(10-14)27-19(22-16)23-28(25,26)15-7-4-13(3)5-8-15/h4-10,12H,11H2,1-3H3,(H,22,23)(H2,20,21,24). The average Bonchev–Trinajstić information content (AvgIpc) is 3.01. The summed E-state index contributed by atoms with van der Waals surface area (Å²) in [7, 11) is -3.70. The molecule has 9 heteroatoms. The van der Waals surface area contributed by atoms with Crippen molar-refractivity contribution in [1.82, 2.24) is 10.3 Å². The molecule has 2 amide bonds. The number of carbonyl (C=O) groups is 1. The van der Waals surface area contributed by atoms with E-state index in [2.05, 4.69) is 20.3 Å². The van der Waals surface area contributed by atoms with Crippen LogP contribution in [0.5, 0.6) is 0 Å². The molecule has 0 saturated heterocycles.